The fourth-order valence-electron chi connectivity index (χ4n) is 4.86. The van der Waals surface area contributed by atoms with Gasteiger partial charge in [0.1, 0.15) is 11.6 Å². The van der Waals surface area contributed by atoms with Gasteiger partial charge in [-0.3, -0.25) is 4.79 Å². The molecule has 0 radical (unpaired) electrons. The Labute approximate surface area is 217 Å². The van der Waals surface area contributed by atoms with E-state index in [-0.39, 0.29) is 5.91 Å². The molecule has 0 unspecified atom stereocenters. The number of imidazole rings is 1. The molecule has 0 aliphatic heterocycles. The van der Waals surface area contributed by atoms with Crippen molar-refractivity contribution in [2.45, 2.75) is 96.9 Å². The number of aromatic nitrogens is 2. The number of nitrogens with one attached hydrogen (secondary N) is 1. The van der Waals surface area contributed by atoms with Crippen LogP contribution >= 0.6 is 0 Å². The fraction of sp³-hybridized carbons (Fsp3) is 0.548. The molecule has 5 nitrogen and oxygen atoms in total. The Morgan fingerprint density at radius 2 is 1.50 bits per heavy atom. The number of ether oxygens (including phenoxy) is 1. The molecular weight excluding hydrogens is 446 g/mol. The summed E-state index contributed by atoms with van der Waals surface area (Å²) in [4.78, 5) is 17.4. The second kappa shape index (κ2) is 16.0. The Morgan fingerprint density at radius 3 is 2.28 bits per heavy atom. The summed E-state index contributed by atoms with van der Waals surface area (Å²) in [6, 6.07) is 15.9. The standard InChI is InChI=1S/C31H45N3O2/c1-3-4-5-6-7-8-9-10-18-25-34-28-21-15-14-20-27(28)33-30(34)23-12-11-17-24-32-31(35)26-19-13-16-22-29(26)36-2/h13-16,19-22H,3-12,17-18,23-25H2,1-2H3,(H,32,35). The summed E-state index contributed by atoms with van der Waals surface area (Å²) in [6.45, 7) is 4.00. The summed E-state index contributed by atoms with van der Waals surface area (Å²) in [5.74, 6) is 1.74. The maximum absolute atomic E-state index is 12.4. The zero-order valence-corrected chi connectivity index (χ0v) is 22.4. The molecule has 36 heavy (non-hydrogen) atoms. The van der Waals surface area contributed by atoms with Crippen LogP contribution in [-0.2, 0) is 13.0 Å². The van der Waals surface area contributed by atoms with Crippen molar-refractivity contribution in [3.05, 3.63) is 59.9 Å². The lowest BCUT2D eigenvalue weighted by atomic mass is 10.1. The van der Waals surface area contributed by atoms with E-state index in [9.17, 15) is 4.79 Å². The molecule has 3 rings (SSSR count). The van der Waals surface area contributed by atoms with Crippen molar-refractivity contribution in [1.82, 2.24) is 14.9 Å². The Kier molecular flexibility index (Phi) is 12.4. The van der Waals surface area contributed by atoms with Crippen LogP contribution in [-0.4, -0.2) is 29.1 Å². The van der Waals surface area contributed by atoms with E-state index in [0.29, 0.717) is 17.9 Å². The van der Waals surface area contributed by atoms with E-state index >= 15 is 0 Å². The van der Waals surface area contributed by atoms with Gasteiger partial charge in [-0.25, -0.2) is 4.98 Å². The molecule has 1 amide bonds. The molecule has 1 N–H and O–H groups in total. The predicted octanol–water partition coefficient (Wildman–Crippen LogP) is 7.72. The number of para-hydroxylation sites is 3. The zero-order valence-electron chi connectivity index (χ0n) is 22.4. The molecule has 0 saturated heterocycles. The normalized spacial score (nSPS) is 11.2. The number of nitrogens with zero attached hydrogens (tertiary/aromatic N) is 2. The van der Waals surface area contributed by atoms with Gasteiger partial charge in [-0.1, -0.05) is 89.0 Å². The van der Waals surface area contributed by atoms with Gasteiger partial charge < -0.3 is 14.6 Å². The number of carbonyl (C=O) groups is 1. The van der Waals surface area contributed by atoms with Crippen LogP contribution in [0.5, 0.6) is 5.75 Å². The third-order valence-corrected chi connectivity index (χ3v) is 6.93. The van der Waals surface area contributed by atoms with Gasteiger partial charge in [-0.2, -0.15) is 0 Å². The second-order valence-corrected chi connectivity index (χ2v) is 9.76. The summed E-state index contributed by atoms with van der Waals surface area (Å²) in [6.07, 6.45) is 16.2. The van der Waals surface area contributed by atoms with Crippen molar-refractivity contribution < 1.29 is 9.53 Å². The van der Waals surface area contributed by atoms with E-state index in [2.05, 4.69) is 41.1 Å². The molecule has 0 spiro atoms. The van der Waals surface area contributed by atoms with Crippen LogP contribution in [0.1, 0.15) is 100 Å². The van der Waals surface area contributed by atoms with Gasteiger partial charge in [-0.15, -0.1) is 0 Å². The molecule has 0 bridgehead atoms. The van der Waals surface area contributed by atoms with Crippen molar-refractivity contribution >= 4 is 16.9 Å². The Balaban J connectivity index is 1.39. The molecule has 1 heterocycles. The Morgan fingerprint density at radius 1 is 0.833 bits per heavy atom. The van der Waals surface area contributed by atoms with Crippen molar-refractivity contribution in [2.75, 3.05) is 13.7 Å². The van der Waals surface area contributed by atoms with Gasteiger partial charge in [0.05, 0.1) is 23.7 Å². The monoisotopic (exact) mass is 491 g/mol. The predicted molar refractivity (Wildman–Crippen MR) is 150 cm³/mol. The van der Waals surface area contributed by atoms with E-state index in [1.165, 1.54) is 69.1 Å². The molecule has 0 atom stereocenters. The lowest BCUT2D eigenvalue weighted by Crippen LogP contribution is -2.24. The number of hydrogen-bond donors (Lipinski definition) is 1. The highest BCUT2D eigenvalue weighted by Crippen LogP contribution is 2.20. The third-order valence-electron chi connectivity index (χ3n) is 6.93. The summed E-state index contributed by atoms with van der Waals surface area (Å²) in [5, 5.41) is 3.02. The number of hydrogen-bond acceptors (Lipinski definition) is 3. The molecule has 196 valence electrons. The summed E-state index contributed by atoms with van der Waals surface area (Å²) < 4.78 is 7.74. The van der Waals surface area contributed by atoms with Crippen LogP contribution in [0.15, 0.2) is 48.5 Å². The average Bonchev–Trinajstić information content (AvgIpc) is 3.26. The number of benzene rings is 2. The Bertz CT molecular complexity index is 1040. The SMILES string of the molecule is CCCCCCCCCCCn1c(CCCCCNC(=O)c2ccccc2OC)nc2ccccc21. The third kappa shape index (κ3) is 8.69. The van der Waals surface area contributed by atoms with Crippen LogP contribution < -0.4 is 10.1 Å². The van der Waals surface area contributed by atoms with Crippen LogP contribution in [0.3, 0.4) is 0 Å². The molecule has 2 aromatic carbocycles. The van der Waals surface area contributed by atoms with E-state index in [0.717, 1.165) is 37.7 Å². The summed E-state index contributed by atoms with van der Waals surface area (Å²) in [5.41, 5.74) is 2.95. The quantitative estimate of drug-likeness (QED) is 0.185. The van der Waals surface area contributed by atoms with Gasteiger partial charge in [-0.05, 0) is 43.5 Å². The first kappa shape index (κ1) is 27.8. The number of unbranched alkanes of at least 4 members (excludes halogenated alkanes) is 10. The highest BCUT2D eigenvalue weighted by molar-refractivity contribution is 5.96. The van der Waals surface area contributed by atoms with Crippen molar-refractivity contribution in [3.63, 3.8) is 0 Å². The number of rotatable bonds is 18. The van der Waals surface area contributed by atoms with Gasteiger partial charge >= 0.3 is 0 Å². The lowest BCUT2D eigenvalue weighted by Gasteiger charge is -2.10. The Hall–Kier alpha value is -2.82. The van der Waals surface area contributed by atoms with Crippen molar-refractivity contribution in [3.8, 4) is 5.75 Å². The van der Waals surface area contributed by atoms with Crippen LogP contribution in [0, 0.1) is 0 Å². The van der Waals surface area contributed by atoms with E-state index < -0.39 is 0 Å². The van der Waals surface area contributed by atoms with Crippen LogP contribution in [0.25, 0.3) is 11.0 Å². The minimum absolute atomic E-state index is 0.0739. The number of methoxy groups -OCH3 is 1. The summed E-state index contributed by atoms with van der Waals surface area (Å²) in [7, 11) is 1.59. The van der Waals surface area contributed by atoms with Gasteiger partial charge in [0.15, 0.2) is 0 Å². The highest BCUT2D eigenvalue weighted by Gasteiger charge is 2.12. The second-order valence-electron chi connectivity index (χ2n) is 9.76. The van der Waals surface area contributed by atoms with Crippen molar-refractivity contribution in [1.29, 1.82) is 0 Å². The first-order valence-electron chi connectivity index (χ1n) is 14.1. The topological polar surface area (TPSA) is 56.2 Å². The number of aryl methyl sites for hydroxylation is 2. The molecule has 0 saturated carbocycles. The number of carbonyl (C=O) groups excluding carboxylic acids is 1. The molecule has 1 aromatic heterocycles. The fourth-order valence-corrected chi connectivity index (χ4v) is 4.86. The zero-order chi connectivity index (χ0) is 25.4. The molecule has 5 heteroatoms. The maximum atomic E-state index is 12.4. The number of fused-ring (bicyclic) bond motifs is 1. The molecule has 0 aliphatic rings. The minimum atomic E-state index is -0.0739. The first-order chi connectivity index (χ1) is 17.7. The van der Waals surface area contributed by atoms with Crippen LogP contribution in [0.4, 0.5) is 0 Å². The van der Waals surface area contributed by atoms with Gasteiger partial charge in [0.25, 0.3) is 5.91 Å². The van der Waals surface area contributed by atoms with E-state index in [4.69, 9.17) is 9.72 Å². The van der Waals surface area contributed by atoms with E-state index in [1.54, 1.807) is 13.2 Å². The number of amides is 1. The molecular formula is C31H45N3O2. The van der Waals surface area contributed by atoms with Gasteiger partial charge in [0.2, 0.25) is 0 Å². The molecule has 0 aliphatic carbocycles. The maximum Gasteiger partial charge on any atom is 0.255 e. The smallest absolute Gasteiger partial charge is 0.255 e. The van der Waals surface area contributed by atoms with E-state index in [1.807, 2.05) is 18.2 Å². The minimum Gasteiger partial charge on any atom is -0.496 e. The molecule has 3 aromatic rings. The first-order valence-corrected chi connectivity index (χ1v) is 14.1. The van der Waals surface area contributed by atoms with Crippen molar-refractivity contribution in [2.24, 2.45) is 0 Å². The van der Waals surface area contributed by atoms with Crippen LogP contribution in [0.2, 0.25) is 0 Å². The largest absolute Gasteiger partial charge is 0.496 e. The van der Waals surface area contributed by atoms with Gasteiger partial charge in [0, 0.05) is 19.5 Å². The lowest BCUT2D eigenvalue weighted by molar-refractivity contribution is 0.0950. The molecule has 0 fully saturated rings. The highest BCUT2D eigenvalue weighted by atomic mass is 16.5. The summed E-state index contributed by atoms with van der Waals surface area (Å²) >= 11 is 0. The average molecular weight is 492 g/mol.